The van der Waals surface area contributed by atoms with E-state index >= 15 is 0 Å². The number of nitrogens with zero attached hydrogens (tertiary/aromatic N) is 1. The zero-order valence-corrected chi connectivity index (χ0v) is 12.0. The Morgan fingerprint density at radius 3 is 2.47 bits per heavy atom. The Morgan fingerprint density at radius 2 is 2.00 bits per heavy atom. The summed E-state index contributed by atoms with van der Waals surface area (Å²) in [5.74, 6) is -0.658. The molecule has 0 bridgehead atoms. The molecule has 0 spiro atoms. The van der Waals surface area contributed by atoms with Crippen molar-refractivity contribution in [2.24, 2.45) is 4.99 Å². The van der Waals surface area contributed by atoms with E-state index in [-0.39, 0.29) is 17.9 Å². The van der Waals surface area contributed by atoms with E-state index in [0.717, 1.165) is 5.69 Å². The Hall–Kier alpha value is -1.75. The molecule has 4 nitrogen and oxygen atoms in total. The lowest BCUT2D eigenvalue weighted by molar-refractivity contribution is -0.138. The van der Waals surface area contributed by atoms with Gasteiger partial charge in [-0.05, 0) is 32.2 Å². The Labute approximate surface area is 117 Å². The molecular weight excluding hydrogens is 262 g/mol. The van der Waals surface area contributed by atoms with Crippen LogP contribution in [-0.2, 0) is 9.53 Å². The van der Waals surface area contributed by atoms with Crippen LogP contribution in [0.4, 0.5) is 5.69 Å². The first-order valence-electron chi connectivity index (χ1n) is 5.85. The topological polar surface area (TPSA) is 58.9 Å². The fourth-order valence-corrected chi connectivity index (χ4v) is 2.05. The molecule has 0 fully saturated rings. The number of carbonyl (C=O) groups excluding carboxylic acids is 1. The highest BCUT2D eigenvalue weighted by Gasteiger charge is 2.20. The van der Waals surface area contributed by atoms with Gasteiger partial charge in [0, 0.05) is 0 Å². The number of carbonyl (C=O) groups is 1. The average molecular weight is 279 g/mol. The van der Waals surface area contributed by atoms with E-state index in [0.29, 0.717) is 5.04 Å². The Morgan fingerprint density at radius 1 is 1.37 bits per heavy atom. The van der Waals surface area contributed by atoms with Gasteiger partial charge in [-0.3, -0.25) is 0 Å². The number of para-hydroxylation sites is 1. The van der Waals surface area contributed by atoms with Gasteiger partial charge in [-0.25, -0.2) is 9.79 Å². The van der Waals surface area contributed by atoms with Crippen molar-refractivity contribution in [2.45, 2.75) is 13.8 Å². The fourth-order valence-electron chi connectivity index (χ4n) is 1.42. The third kappa shape index (κ3) is 4.44. The van der Waals surface area contributed by atoms with Gasteiger partial charge in [0.1, 0.15) is 16.4 Å². The van der Waals surface area contributed by atoms with Crippen LogP contribution in [0.25, 0.3) is 0 Å². The van der Waals surface area contributed by atoms with Crippen molar-refractivity contribution in [1.29, 1.82) is 0 Å². The van der Waals surface area contributed by atoms with E-state index in [2.05, 4.69) is 4.99 Å². The maximum absolute atomic E-state index is 11.8. The van der Waals surface area contributed by atoms with Gasteiger partial charge in [0.15, 0.2) is 0 Å². The Bertz CT molecular complexity index is 491. The van der Waals surface area contributed by atoms with Gasteiger partial charge in [0.25, 0.3) is 0 Å². The van der Waals surface area contributed by atoms with Crippen LogP contribution in [0.15, 0.2) is 46.7 Å². The van der Waals surface area contributed by atoms with E-state index in [9.17, 15) is 9.90 Å². The van der Waals surface area contributed by atoms with Crippen LogP contribution in [0.2, 0.25) is 0 Å². The molecule has 1 rings (SSSR count). The minimum atomic E-state index is -0.563. The normalized spacial score (nSPS) is 12.9. The molecule has 102 valence electrons. The summed E-state index contributed by atoms with van der Waals surface area (Å²) in [6, 6.07) is 9.25. The smallest absolute Gasteiger partial charge is 0.344 e. The molecule has 1 aromatic carbocycles. The third-order valence-corrected chi connectivity index (χ3v) is 2.92. The number of rotatable bonds is 4. The number of aliphatic hydroxyl groups is 1. The SMILES string of the molecule is CCOC(=O)/C(C(=Nc1ccccc1)SC)=C(/C)O. The first kappa shape index (κ1) is 15.3. The predicted octanol–water partition coefficient (Wildman–Crippen LogP) is 3.47. The zero-order valence-electron chi connectivity index (χ0n) is 11.2. The molecule has 0 atom stereocenters. The molecule has 19 heavy (non-hydrogen) atoms. The third-order valence-electron chi connectivity index (χ3n) is 2.24. The van der Waals surface area contributed by atoms with E-state index in [1.54, 1.807) is 13.2 Å². The monoisotopic (exact) mass is 279 g/mol. The molecule has 0 aromatic heterocycles. The molecule has 0 radical (unpaired) electrons. The Kier molecular flexibility index (Phi) is 6.15. The lowest BCUT2D eigenvalue weighted by atomic mass is 10.2. The van der Waals surface area contributed by atoms with Crippen LogP contribution >= 0.6 is 11.8 Å². The number of hydrogen-bond donors (Lipinski definition) is 1. The van der Waals surface area contributed by atoms with Crippen molar-refractivity contribution in [2.75, 3.05) is 12.9 Å². The number of allylic oxidation sites excluding steroid dienone is 1. The van der Waals surface area contributed by atoms with E-state index in [4.69, 9.17) is 4.74 Å². The van der Waals surface area contributed by atoms with Gasteiger partial charge < -0.3 is 9.84 Å². The van der Waals surface area contributed by atoms with Crippen molar-refractivity contribution in [3.63, 3.8) is 0 Å². The number of ether oxygens (including phenoxy) is 1. The second kappa shape index (κ2) is 7.63. The molecular formula is C14H17NO3S. The summed E-state index contributed by atoms with van der Waals surface area (Å²) in [4.78, 5) is 16.2. The largest absolute Gasteiger partial charge is 0.512 e. The maximum atomic E-state index is 11.8. The highest BCUT2D eigenvalue weighted by atomic mass is 32.2. The van der Waals surface area contributed by atoms with Crippen LogP contribution in [0.3, 0.4) is 0 Å². The number of aliphatic imine (C=N–C) groups is 1. The predicted molar refractivity (Wildman–Crippen MR) is 79.0 cm³/mol. The molecule has 0 aliphatic carbocycles. The van der Waals surface area contributed by atoms with Crippen LogP contribution in [0.1, 0.15) is 13.8 Å². The first-order chi connectivity index (χ1) is 9.10. The standard InChI is InChI=1S/C14H17NO3S/c1-4-18-14(17)12(10(2)16)13(19-3)15-11-8-6-5-7-9-11/h5-9,16H,4H2,1-3H3/b12-10-,15-13?. The second-order valence-corrected chi connectivity index (χ2v) is 4.43. The van der Waals surface area contributed by atoms with Gasteiger partial charge in [-0.1, -0.05) is 18.2 Å². The van der Waals surface area contributed by atoms with Gasteiger partial charge in [0.2, 0.25) is 0 Å². The van der Waals surface area contributed by atoms with E-state index < -0.39 is 5.97 Å². The molecule has 0 aliphatic rings. The molecule has 0 unspecified atom stereocenters. The van der Waals surface area contributed by atoms with Crippen molar-refractivity contribution in [1.82, 2.24) is 0 Å². The van der Waals surface area contributed by atoms with Crippen LogP contribution in [0, 0.1) is 0 Å². The van der Waals surface area contributed by atoms with Gasteiger partial charge in [-0.15, -0.1) is 11.8 Å². The van der Waals surface area contributed by atoms with Crippen molar-refractivity contribution >= 4 is 28.5 Å². The number of benzene rings is 1. The van der Waals surface area contributed by atoms with E-state index in [1.165, 1.54) is 18.7 Å². The summed E-state index contributed by atoms with van der Waals surface area (Å²) >= 11 is 1.29. The number of aliphatic hydroxyl groups excluding tert-OH is 1. The van der Waals surface area contributed by atoms with Gasteiger partial charge >= 0.3 is 5.97 Å². The lowest BCUT2D eigenvalue weighted by Gasteiger charge is -2.09. The Balaban J connectivity index is 3.16. The van der Waals surface area contributed by atoms with Gasteiger partial charge in [0.05, 0.1) is 12.3 Å². The maximum Gasteiger partial charge on any atom is 0.344 e. The molecule has 0 aliphatic heterocycles. The summed E-state index contributed by atoms with van der Waals surface area (Å²) in [6.45, 7) is 3.42. The van der Waals surface area contributed by atoms with E-state index in [1.807, 2.05) is 30.3 Å². The first-order valence-corrected chi connectivity index (χ1v) is 7.07. The molecule has 0 saturated carbocycles. The highest BCUT2D eigenvalue weighted by Crippen LogP contribution is 2.20. The molecule has 0 amide bonds. The van der Waals surface area contributed by atoms with Crippen molar-refractivity contribution in [3.8, 4) is 0 Å². The number of hydrogen-bond acceptors (Lipinski definition) is 5. The van der Waals surface area contributed by atoms with Crippen molar-refractivity contribution in [3.05, 3.63) is 41.7 Å². The number of esters is 1. The fraction of sp³-hybridized carbons (Fsp3) is 0.286. The van der Waals surface area contributed by atoms with Gasteiger partial charge in [-0.2, -0.15) is 0 Å². The summed E-state index contributed by atoms with van der Waals surface area (Å²) in [5, 5.41) is 10.1. The minimum absolute atomic E-state index is 0.0949. The summed E-state index contributed by atoms with van der Waals surface area (Å²) in [7, 11) is 0. The van der Waals surface area contributed by atoms with Crippen LogP contribution in [-0.4, -0.2) is 29.0 Å². The molecule has 1 N–H and O–H groups in total. The number of thioether (sulfide) groups is 1. The molecule has 1 aromatic rings. The summed E-state index contributed by atoms with van der Waals surface area (Å²) in [6.07, 6.45) is 1.80. The second-order valence-electron chi connectivity index (χ2n) is 3.64. The molecule has 0 saturated heterocycles. The van der Waals surface area contributed by atoms with Crippen molar-refractivity contribution < 1.29 is 14.6 Å². The molecule has 5 heteroatoms. The average Bonchev–Trinajstić information content (AvgIpc) is 2.39. The summed E-state index contributed by atoms with van der Waals surface area (Å²) < 4.78 is 4.93. The quantitative estimate of drug-likeness (QED) is 0.301. The summed E-state index contributed by atoms with van der Waals surface area (Å²) in [5.41, 5.74) is 0.827. The van der Waals surface area contributed by atoms with Crippen LogP contribution < -0.4 is 0 Å². The minimum Gasteiger partial charge on any atom is -0.512 e. The highest BCUT2D eigenvalue weighted by molar-refractivity contribution is 8.14. The zero-order chi connectivity index (χ0) is 14.3. The van der Waals surface area contributed by atoms with Crippen LogP contribution in [0.5, 0.6) is 0 Å². The molecule has 0 heterocycles. The lowest BCUT2D eigenvalue weighted by Crippen LogP contribution is -2.15.